The van der Waals surface area contributed by atoms with E-state index in [1.54, 1.807) is 0 Å². The van der Waals surface area contributed by atoms with E-state index in [1.165, 1.54) is 0 Å². The summed E-state index contributed by atoms with van der Waals surface area (Å²) >= 11 is 0. The number of hydrogen-bond donors (Lipinski definition) is 0. The van der Waals surface area contributed by atoms with Gasteiger partial charge in [-0.3, -0.25) is 9.59 Å². The standard InChI is InChI=1S/C15H26N2O2/c1-6-8-17(7-2)10-9-16(5)13-12(11(3)4)14(18)15(13)19/h11H,6-10H2,1-5H3. The molecule has 0 bridgehead atoms. The first-order valence-corrected chi connectivity index (χ1v) is 7.20. The van der Waals surface area contributed by atoms with Crippen LogP contribution in [-0.2, 0) is 0 Å². The Morgan fingerprint density at radius 1 is 1.00 bits per heavy atom. The molecule has 0 atom stereocenters. The Morgan fingerprint density at radius 2 is 1.63 bits per heavy atom. The van der Waals surface area contributed by atoms with Gasteiger partial charge >= 0.3 is 0 Å². The van der Waals surface area contributed by atoms with Gasteiger partial charge in [0.1, 0.15) is 0 Å². The Labute approximate surface area is 115 Å². The van der Waals surface area contributed by atoms with Gasteiger partial charge in [-0.05, 0) is 25.4 Å². The van der Waals surface area contributed by atoms with E-state index in [1.807, 2.05) is 25.8 Å². The van der Waals surface area contributed by atoms with Crippen molar-refractivity contribution in [3.05, 3.63) is 26.0 Å². The highest BCUT2D eigenvalue weighted by Crippen LogP contribution is 2.21. The quantitative estimate of drug-likeness (QED) is 0.670. The Hall–Kier alpha value is -1.16. The van der Waals surface area contributed by atoms with E-state index in [9.17, 15) is 9.59 Å². The van der Waals surface area contributed by atoms with Crippen molar-refractivity contribution in [3.8, 4) is 0 Å². The molecular weight excluding hydrogens is 240 g/mol. The molecule has 0 aliphatic rings. The Balaban J connectivity index is 2.69. The van der Waals surface area contributed by atoms with Crippen molar-refractivity contribution >= 4 is 5.69 Å². The zero-order chi connectivity index (χ0) is 14.6. The largest absolute Gasteiger partial charge is 0.370 e. The summed E-state index contributed by atoms with van der Waals surface area (Å²) < 4.78 is 0. The lowest BCUT2D eigenvalue weighted by atomic mass is 9.95. The van der Waals surface area contributed by atoms with Crippen molar-refractivity contribution in [2.75, 3.05) is 38.1 Å². The molecule has 0 heterocycles. The first-order chi connectivity index (χ1) is 8.93. The first-order valence-electron chi connectivity index (χ1n) is 7.20. The van der Waals surface area contributed by atoms with E-state index in [2.05, 4.69) is 18.7 Å². The van der Waals surface area contributed by atoms with Gasteiger partial charge in [0.05, 0.1) is 5.69 Å². The van der Waals surface area contributed by atoms with Crippen LogP contribution in [0, 0.1) is 0 Å². The van der Waals surface area contributed by atoms with Crippen molar-refractivity contribution in [1.29, 1.82) is 0 Å². The van der Waals surface area contributed by atoms with Gasteiger partial charge in [-0.1, -0.05) is 27.7 Å². The molecule has 0 aliphatic heterocycles. The van der Waals surface area contributed by atoms with Crippen LogP contribution in [0.5, 0.6) is 0 Å². The van der Waals surface area contributed by atoms with Crippen molar-refractivity contribution in [3.63, 3.8) is 0 Å². The van der Waals surface area contributed by atoms with Gasteiger partial charge in [0.2, 0.25) is 10.9 Å². The van der Waals surface area contributed by atoms with Crippen molar-refractivity contribution < 1.29 is 0 Å². The van der Waals surface area contributed by atoms with Crippen LogP contribution in [0.1, 0.15) is 45.6 Å². The van der Waals surface area contributed by atoms with Gasteiger partial charge in [0.15, 0.2) is 0 Å². The van der Waals surface area contributed by atoms with Crippen LogP contribution in [0.4, 0.5) is 5.69 Å². The summed E-state index contributed by atoms with van der Waals surface area (Å²) in [6, 6.07) is 0. The van der Waals surface area contributed by atoms with Gasteiger partial charge < -0.3 is 9.80 Å². The third-order valence-electron chi connectivity index (χ3n) is 3.62. The lowest BCUT2D eigenvalue weighted by molar-refractivity contribution is 0.295. The predicted octanol–water partition coefficient (Wildman–Crippen LogP) is 1.57. The van der Waals surface area contributed by atoms with Gasteiger partial charge in [-0.25, -0.2) is 0 Å². The molecule has 0 aliphatic carbocycles. The summed E-state index contributed by atoms with van der Waals surface area (Å²) in [6.07, 6.45) is 1.13. The molecule has 1 aromatic rings. The fraction of sp³-hybridized carbons (Fsp3) is 0.733. The second-order valence-electron chi connectivity index (χ2n) is 5.43. The van der Waals surface area contributed by atoms with Crippen LogP contribution in [0.3, 0.4) is 0 Å². The minimum Gasteiger partial charge on any atom is -0.370 e. The van der Waals surface area contributed by atoms with Crippen LogP contribution in [0.2, 0.25) is 0 Å². The average Bonchev–Trinajstić information content (AvgIpc) is 2.38. The van der Waals surface area contributed by atoms with Crippen LogP contribution in [0.25, 0.3) is 0 Å². The van der Waals surface area contributed by atoms with Crippen LogP contribution in [-0.4, -0.2) is 38.1 Å². The molecule has 108 valence electrons. The first kappa shape index (κ1) is 15.9. The van der Waals surface area contributed by atoms with Crippen LogP contribution < -0.4 is 15.8 Å². The second kappa shape index (κ2) is 6.85. The summed E-state index contributed by atoms with van der Waals surface area (Å²) in [5.74, 6) is 0.126. The number of rotatable bonds is 8. The lowest BCUT2D eigenvalue weighted by Crippen LogP contribution is -2.45. The zero-order valence-electron chi connectivity index (χ0n) is 12.8. The van der Waals surface area contributed by atoms with E-state index in [0.29, 0.717) is 11.3 Å². The molecule has 0 saturated carbocycles. The maximum Gasteiger partial charge on any atom is 0.249 e. The smallest absolute Gasteiger partial charge is 0.249 e. The molecule has 0 amide bonds. The summed E-state index contributed by atoms with van der Waals surface area (Å²) in [5.41, 5.74) is 0.723. The number of likely N-dealkylation sites (N-methyl/N-ethyl adjacent to an activating group) is 2. The number of anilines is 1. The topological polar surface area (TPSA) is 40.6 Å². The molecular formula is C15H26N2O2. The van der Waals surface area contributed by atoms with Crippen LogP contribution >= 0.6 is 0 Å². The highest BCUT2D eigenvalue weighted by molar-refractivity contribution is 5.59. The Morgan fingerprint density at radius 3 is 2.11 bits per heavy atom. The van der Waals surface area contributed by atoms with Gasteiger partial charge in [-0.15, -0.1) is 0 Å². The highest BCUT2D eigenvalue weighted by Gasteiger charge is 2.25. The fourth-order valence-electron chi connectivity index (χ4n) is 2.46. The second-order valence-corrected chi connectivity index (χ2v) is 5.43. The molecule has 0 unspecified atom stereocenters. The average molecular weight is 266 g/mol. The molecule has 4 heteroatoms. The summed E-state index contributed by atoms with van der Waals surface area (Å²) in [7, 11) is 1.90. The zero-order valence-corrected chi connectivity index (χ0v) is 12.8. The maximum atomic E-state index is 11.7. The van der Waals surface area contributed by atoms with Gasteiger partial charge in [0, 0.05) is 25.7 Å². The predicted molar refractivity (Wildman–Crippen MR) is 81.1 cm³/mol. The van der Waals surface area contributed by atoms with Crippen molar-refractivity contribution in [2.45, 2.75) is 40.0 Å². The fourth-order valence-corrected chi connectivity index (χ4v) is 2.46. The molecule has 0 fully saturated rings. The van der Waals surface area contributed by atoms with E-state index in [0.717, 1.165) is 32.6 Å². The minimum absolute atomic E-state index is 0.126. The van der Waals surface area contributed by atoms with Crippen LogP contribution in [0.15, 0.2) is 9.59 Å². The van der Waals surface area contributed by atoms with Gasteiger partial charge in [-0.2, -0.15) is 0 Å². The van der Waals surface area contributed by atoms with E-state index < -0.39 is 0 Å². The SMILES string of the molecule is CCCN(CC)CCN(C)c1c(C(C)C)c(=O)c1=O. The van der Waals surface area contributed by atoms with Crippen molar-refractivity contribution in [2.24, 2.45) is 0 Å². The Bertz CT molecular complexity index is 473. The maximum absolute atomic E-state index is 11.7. The van der Waals surface area contributed by atoms with E-state index in [-0.39, 0.29) is 16.8 Å². The van der Waals surface area contributed by atoms with E-state index >= 15 is 0 Å². The monoisotopic (exact) mass is 266 g/mol. The van der Waals surface area contributed by atoms with Gasteiger partial charge in [0.25, 0.3) is 0 Å². The third kappa shape index (κ3) is 3.44. The summed E-state index contributed by atoms with van der Waals surface area (Å²) in [6.45, 7) is 12.0. The summed E-state index contributed by atoms with van der Waals surface area (Å²) in [5, 5.41) is 0. The summed E-state index contributed by atoms with van der Waals surface area (Å²) in [4.78, 5) is 27.6. The minimum atomic E-state index is -0.315. The molecule has 1 aromatic carbocycles. The molecule has 1 rings (SSSR count). The van der Waals surface area contributed by atoms with Crippen molar-refractivity contribution in [1.82, 2.24) is 4.90 Å². The third-order valence-corrected chi connectivity index (χ3v) is 3.62. The molecule has 0 saturated heterocycles. The molecule has 4 nitrogen and oxygen atoms in total. The lowest BCUT2D eigenvalue weighted by Gasteiger charge is -2.28. The Kier molecular flexibility index (Phi) is 5.73. The molecule has 0 aromatic heterocycles. The van der Waals surface area contributed by atoms with E-state index in [4.69, 9.17) is 0 Å². The normalized spacial score (nSPS) is 11.7. The molecule has 0 radical (unpaired) electrons. The molecule has 0 N–H and O–H groups in total. The number of hydrogen-bond acceptors (Lipinski definition) is 4. The number of nitrogens with zero attached hydrogens (tertiary/aromatic N) is 2. The highest BCUT2D eigenvalue weighted by atomic mass is 16.2. The molecule has 0 spiro atoms. The molecule has 19 heavy (non-hydrogen) atoms.